The lowest BCUT2D eigenvalue weighted by atomic mass is 9.76. The normalized spacial score (nSPS) is 20.1. The number of benzene rings is 3. The summed E-state index contributed by atoms with van der Waals surface area (Å²) >= 11 is 6.41. The average molecular weight is 490 g/mol. The first-order chi connectivity index (χ1) is 16.7. The Hall–Kier alpha value is -3.31. The molecule has 0 saturated heterocycles. The second kappa shape index (κ2) is 8.42. The van der Waals surface area contributed by atoms with Gasteiger partial charge < -0.3 is 14.4 Å². The molecular weight excluding hydrogens is 462 g/mol. The highest BCUT2D eigenvalue weighted by molar-refractivity contribution is 6.31. The molecule has 1 amide bonds. The number of hydrogen-bond acceptors (Lipinski definition) is 4. The fraction of sp³-hybridized carbons (Fsp3) is 0.310. The molecular formula is C29H28ClNO4. The van der Waals surface area contributed by atoms with Crippen molar-refractivity contribution in [1.82, 2.24) is 0 Å². The molecule has 0 spiro atoms. The number of methoxy groups -OCH3 is 1. The van der Waals surface area contributed by atoms with Gasteiger partial charge in [0.25, 0.3) is 0 Å². The van der Waals surface area contributed by atoms with Crippen molar-refractivity contribution in [3.8, 4) is 11.5 Å². The standard InChI is InChI=1S/C29H28ClNO4/c1-28(2)12-11-19-14-21(6-10-26(19)35-28)29(3)23-15-22(30)7-8-24(23)31(27(29)33)16-18-5-9-25(34-4)20(13-18)17-32/h5-10,13-15,17H,11-12,16H2,1-4H3/t29-/m0/s1. The van der Waals surface area contributed by atoms with Crippen LogP contribution in [0.2, 0.25) is 5.02 Å². The Bertz CT molecular complexity index is 1350. The Morgan fingerprint density at radius 1 is 1.09 bits per heavy atom. The van der Waals surface area contributed by atoms with Crippen LogP contribution in [0.5, 0.6) is 11.5 Å². The lowest BCUT2D eigenvalue weighted by Gasteiger charge is -2.34. The molecule has 0 fully saturated rings. The van der Waals surface area contributed by atoms with Crippen LogP contribution in [0.25, 0.3) is 0 Å². The smallest absolute Gasteiger partial charge is 0.242 e. The van der Waals surface area contributed by atoms with Crippen LogP contribution in [-0.4, -0.2) is 24.9 Å². The third-order valence-corrected chi connectivity index (χ3v) is 7.48. The Balaban J connectivity index is 1.57. The van der Waals surface area contributed by atoms with E-state index in [0.717, 1.165) is 52.8 Å². The first kappa shape index (κ1) is 23.4. The van der Waals surface area contributed by atoms with Gasteiger partial charge in [0.1, 0.15) is 17.1 Å². The van der Waals surface area contributed by atoms with E-state index in [1.165, 1.54) is 7.11 Å². The number of ether oxygens (including phenoxy) is 2. The van der Waals surface area contributed by atoms with Gasteiger partial charge in [0.15, 0.2) is 6.29 Å². The molecule has 5 rings (SSSR count). The van der Waals surface area contributed by atoms with E-state index in [-0.39, 0.29) is 11.5 Å². The zero-order valence-corrected chi connectivity index (χ0v) is 21.1. The van der Waals surface area contributed by atoms with Crippen molar-refractivity contribution in [3.05, 3.63) is 87.4 Å². The van der Waals surface area contributed by atoms with Gasteiger partial charge >= 0.3 is 0 Å². The van der Waals surface area contributed by atoms with Crippen LogP contribution in [0.3, 0.4) is 0 Å². The van der Waals surface area contributed by atoms with Gasteiger partial charge in [-0.1, -0.05) is 29.8 Å². The quantitative estimate of drug-likeness (QED) is 0.405. The van der Waals surface area contributed by atoms with Crippen LogP contribution < -0.4 is 14.4 Å². The van der Waals surface area contributed by atoms with Crippen molar-refractivity contribution in [2.24, 2.45) is 0 Å². The van der Waals surface area contributed by atoms with Crippen LogP contribution in [-0.2, 0) is 23.2 Å². The third-order valence-electron chi connectivity index (χ3n) is 7.24. The molecule has 0 aliphatic carbocycles. The molecule has 3 aromatic carbocycles. The van der Waals surface area contributed by atoms with Crippen molar-refractivity contribution in [2.45, 2.75) is 51.2 Å². The summed E-state index contributed by atoms with van der Waals surface area (Å²) in [4.78, 5) is 27.4. The Morgan fingerprint density at radius 2 is 1.89 bits per heavy atom. The Labute approximate surface area is 210 Å². The molecule has 6 heteroatoms. The Kier molecular flexibility index (Phi) is 5.64. The highest BCUT2D eigenvalue weighted by atomic mass is 35.5. The summed E-state index contributed by atoms with van der Waals surface area (Å²) < 4.78 is 11.4. The number of carbonyl (C=O) groups is 2. The minimum absolute atomic E-state index is 0.0322. The van der Waals surface area contributed by atoms with Gasteiger partial charge in [-0.25, -0.2) is 0 Å². The summed E-state index contributed by atoms with van der Waals surface area (Å²) in [6.07, 6.45) is 2.58. The second-order valence-electron chi connectivity index (χ2n) is 10.1. The van der Waals surface area contributed by atoms with Gasteiger partial charge in [0, 0.05) is 10.7 Å². The number of aldehydes is 1. The summed E-state index contributed by atoms with van der Waals surface area (Å²) in [5, 5.41) is 0.584. The average Bonchev–Trinajstić information content (AvgIpc) is 3.05. The second-order valence-corrected chi connectivity index (χ2v) is 10.5. The molecule has 2 aliphatic heterocycles. The van der Waals surface area contributed by atoms with E-state index >= 15 is 0 Å². The summed E-state index contributed by atoms with van der Waals surface area (Å²) in [5.41, 5.74) is 3.92. The maximum atomic E-state index is 14.1. The number of hydrogen-bond donors (Lipinski definition) is 0. The molecule has 0 aromatic heterocycles. The molecule has 0 bridgehead atoms. The van der Waals surface area contributed by atoms with Gasteiger partial charge in [0.05, 0.1) is 24.6 Å². The molecule has 3 aromatic rings. The first-order valence-corrected chi connectivity index (χ1v) is 12.1. The van der Waals surface area contributed by atoms with Gasteiger partial charge in [-0.15, -0.1) is 0 Å². The summed E-state index contributed by atoms with van der Waals surface area (Å²) in [6.45, 7) is 6.48. The van der Waals surface area contributed by atoms with Crippen LogP contribution in [0, 0.1) is 0 Å². The highest BCUT2D eigenvalue weighted by Crippen LogP contribution is 2.48. The van der Waals surface area contributed by atoms with Crippen molar-refractivity contribution in [3.63, 3.8) is 0 Å². The number of nitrogens with zero attached hydrogens (tertiary/aromatic N) is 1. The molecule has 0 unspecified atom stereocenters. The molecule has 5 nitrogen and oxygen atoms in total. The van der Waals surface area contributed by atoms with E-state index in [9.17, 15) is 9.59 Å². The largest absolute Gasteiger partial charge is 0.496 e. The van der Waals surface area contributed by atoms with Gasteiger partial charge in [-0.05, 0) is 92.3 Å². The lowest BCUT2D eigenvalue weighted by Crippen LogP contribution is -2.39. The molecule has 2 aliphatic rings. The summed E-state index contributed by atoms with van der Waals surface area (Å²) in [6, 6.07) is 17.1. The topological polar surface area (TPSA) is 55.8 Å². The SMILES string of the molecule is COc1ccc(CN2C(=O)[C@@](C)(c3ccc4c(c3)CCC(C)(C)O4)c3cc(Cl)ccc32)cc1C=O. The lowest BCUT2D eigenvalue weighted by molar-refractivity contribution is -0.121. The number of fused-ring (bicyclic) bond motifs is 2. The number of rotatable bonds is 5. The third kappa shape index (κ3) is 3.88. The van der Waals surface area contributed by atoms with E-state index in [1.807, 2.05) is 37.3 Å². The predicted octanol–water partition coefficient (Wildman–Crippen LogP) is 6.12. The monoisotopic (exact) mass is 489 g/mol. The summed E-state index contributed by atoms with van der Waals surface area (Å²) in [5.74, 6) is 1.35. The predicted molar refractivity (Wildman–Crippen MR) is 137 cm³/mol. The highest BCUT2D eigenvalue weighted by Gasteiger charge is 2.49. The maximum absolute atomic E-state index is 14.1. The van der Waals surface area contributed by atoms with Crippen molar-refractivity contribution < 1.29 is 19.1 Å². The number of amides is 1. The van der Waals surface area contributed by atoms with Crippen LogP contribution in [0.15, 0.2) is 54.6 Å². The van der Waals surface area contributed by atoms with E-state index in [4.69, 9.17) is 21.1 Å². The summed E-state index contributed by atoms with van der Waals surface area (Å²) in [7, 11) is 1.53. The van der Waals surface area contributed by atoms with Crippen LogP contribution in [0.1, 0.15) is 59.8 Å². The Morgan fingerprint density at radius 3 is 2.63 bits per heavy atom. The van der Waals surface area contributed by atoms with Gasteiger partial charge in [-0.2, -0.15) is 0 Å². The fourth-order valence-electron chi connectivity index (χ4n) is 5.20. The van der Waals surface area contributed by atoms with Crippen molar-refractivity contribution in [2.75, 3.05) is 12.0 Å². The molecule has 1 atom stereocenters. The fourth-order valence-corrected chi connectivity index (χ4v) is 5.37. The number of carbonyl (C=O) groups excluding carboxylic acids is 2. The zero-order valence-electron chi connectivity index (χ0n) is 20.4. The van der Waals surface area contributed by atoms with Crippen LogP contribution >= 0.6 is 11.6 Å². The van der Waals surface area contributed by atoms with Crippen molar-refractivity contribution >= 4 is 29.5 Å². The van der Waals surface area contributed by atoms with E-state index in [1.54, 1.807) is 23.1 Å². The molecule has 0 saturated carbocycles. The molecule has 180 valence electrons. The van der Waals surface area contributed by atoms with E-state index in [0.29, 0.717) is 22.9 Å². The molecule has 2 heterocycles. The van der Waals surface area contributed by atoms with E-state index < -0.39 is 5.41 Å². The minimum atomic E-state index is -0.901. The molecule has 0 N–H and O–H groups in total. The number of halogens is 1. The molecule has 0 radical (unpaired) electrons. The first-order valence-electron chi connectivity index (χ1n) is 11.7. The maximum Gasteiger partial charge on any atom is 0.242 e. The molecule has 35 heavy (non-hydrogen) atoms. The van der Waals surface area contributed by atoms with Crippen molar-refractivity contribution in [1.29, 1.82) is 0 Å². The van der Waals surface area contributed by atoms with Gasteiger partial charge in [-0.3, -0.25) is 9.59 Å². The number of aryl methyl sites for hydroxylation is 1. The zero-order chi connectivity index (χ0) is 25.0. The van der Waals surface area contributed by atoms with E-state index in [2.05, 4.69) is 19.9 Å². The minimum Gasteiger partial charge on any atom is -0.496 e. The van der Waals surface area contributed by atoms with Crippen LogP contribution in [0.4, 0.5) is 5.69 Å². The number of anilines is 1. The van der Waals surface area contributed by atoms with Gasteiger partial charge in [0.2, 0.25) is 5.91 Å².